The van der Waals surface area contributed by atoms with Gasteiger partial charge in [0, 0.05) is 12.1 Å². The van der Waals surface area contributed by atoms with E-state index in [1.807, 2.05) is 0 Å². The normalized spacial score (nSPS) is 10.6. The van der Waals surface area contributed by atoms with Crippen molar-refractivity contribution in [3.8, 4) is 11.5 Å². The Balaban J connectivity index is 2.92. The maximum Gasteiger partial charge on any atom is 0.387 e. The summed E-state index contributed by atoms with van der Waals surface area (Å²) in [5.74, 6) is -1.68. The van der Waals surface area contributed by atoms with Gasteiger partial charge in [-0.05, 0) is 0 Å². The van der Waals surface area contributed by atoms with E-state index in [-0.39, 0.29) is 24.7 Å². The lowest BCUT2D eigenvalue weighted by Crippen LogP contribution is -2.07. The Bertz CT molecular complexity index is 360. The Morgan fingerprint density at radius 3 is 2.56 bits per heavy atom. The molecular weight excluding hydrogens is 227 g/mol. The average molecular weight is 237 g/mol. The number of rotatable bonds is 5. The number of benzene rings is 1. The molecule has 0 aliphatic carbocycles. The highest BCUT2D eigenvalue weighted by atomic mass is 19.3. The van der Waals surface area contributed by atoms with Crippen molar-refractivity contribution in [3.05, 3.63) is 17.9 Å². The monoisotopic (exact) mass is 237 g/mol. The van der Waals surface area contributed by atoms with Gasteiger partial charge in [-0.15, -0.1) is 0 Å². The zero-order valence-electron chi connectivity index (χ0n) is 8.12. The molecule has 0 unspecified atom stereocenters. The topological polar surface area (TPSA) is 64.7 Å². The van der Waals surface area contributed by atoms with Gasteiger partial charge in [-0.1, -0.05) is 0 Å². The second-order valence-electron chi connectivity index (χ2n) is 2.77. The van der Waals surface area contributed by atoms with Gasteiger partial charge in [0.15, 0.2) is 11.6 Å². The van der Waals surface area contributed by atoms with Crippen molar-refractivity contribution in [3.63, 3.8) is 0 Å². The molecule has 16 heavy (non-hydrogen) atoms. The third-order valence-corrected chi connectivity index (χ3v) is 1.63. The van der Waals surface area contributed by atoms with E-state index in [9.17, 15) is 13.2 Å². The first-order chi connectivity index (χ1) is 7.54. The molecule has 7 heteroatoms. The average Bonchev–Trinajstić information content (AvgIpc) is 2.20. The quantitative estimate of drug-likeness (QED) is 0.759. The summed E-state index contributed by atoms with van der Waals surface area (Å²) >= 11 is 0. The van der Waals surface area contributed by atoms with E-state index >= 15 is 0 Å². The van der Waals surface area contributed by atoms with Gasteiger partial charge in [0.25, 0.3) is 0 Å². The molecule has 90 valence electrons. The van der Waals surface area contributed by atoms with E-state index < -0.39 is 18.2 Å². The molecule has 0 heterocycles. The number of aliphatic hydroxyl groups is 1. The molecule has 0 spiro atoms. The van der Waals surface area contributed by atoms with E-state index in [1.165, 1.54) is 0 Å². The van der Waals surface area contributed by atoms with Gasteiger partial charge in [-0.25, -0.2) is 4.39 Å². The van der Waals surface area contributed by atoms with E-state index in [4.69, 9.17) is 15.6 Å². The van der Waals surface area contributed by atoms with Crippen molar-refractivity contribution in [2.45, 2.75) is 6.61 Å². The molecule has 0 bridgehead atoms. The van der Waals surface area contributed by atoms with Gasteiger partial charge >= 0.3 is 6.61 Å². The third kappa shape index (κ3) is 3.20. The Hall–Kier alpha value is -1.63. The van der Waals surface area contributed by atoms with Crippen LogP contribution in [0.2, 0.25) is 0 Å². The number of nitrogens with two attached hydrogens (primary N) is 1. The van der Waals surface area contributed by atoms with Crippen LogP contribution in [0.15, 0.2) is 12.1 Å². The van der Waals surface area contributed by atoms with E-state index in [0.29, 0.717) is 0 Å². The number of anilines is 1. The predicted octanol–water partition coefficient (Wildman–Crippen LogP) is 1.38. The molecule has 1 rings (SSSR count). The SMILES string of the molecule is Nc1cc(F)c(OC(F)F)cc1OCCO. The summed E-state index contributed by atoms with van der Waals surface area (Å²) in [6.07, 6.45) is 0. The van der Waals surface area contributed by atoms with Crippen LogP contribution in [0.4, 0.5) is 18.9 Å². The molecule has 0 atom stereocenters. The number of aliphatic hydroxyl groups excluding tert-OH is 1. The van der Waals surface area contributed by atoms with Crippen LogP contribution >= 0.6 is 0 Å². The van der Waals surface area contributed by atoms with Crippen molar-refractivity contribution in [2.24, 2.45) is 0 Å². The number of hydrogen-bond acceptors (Lipinski definition) is 4. The zero-order chi connectivity index (χ0) is 12.1. The summed E-state index contributed by atoms with van der Waals surface area (Å²) in [6.45, 7) is -3.49. The fraction of sp³-hybridized carbons (Fsp3) is 0.333. The Labute approximate surface area is 89.4 Å². The van der Waals surface area contributed by atoms with Gasteiger partial charge < -0.3 is 20.3 Å². The molecule has 0 saturated carbocycles. The lowest BCUT2D eigenvalue weighted by Gasteiger charge is -2.11. The van der Waals surface area contributed by atoms with E-state index in [1.54, 1.807) is 0 Å². The highest BCUT2D eigenvalue weighted by molar-refractivity contribution is 5.56. The summed E-state index contributed by atoms with van der Waals surface area (Å²) in [4.78, 5) is 0. The molecule has 0 amide bonds. The van der Waals surface area contributed by atoms with Crippen LogP contribution in [-0.4, -0.2) is 24.9 Å². The highest BCUT2D eigenvalue weighted by Crippen LogP contribution is 2.30. The van der Waals surface area contributed by atoms with E-state index in [0.717, 1.165) is 12.1 Å². The fourth-order valence-corrected chi connectivity index (χ4v) is 1.02. The third-order valence-electron chi connectivity index (χ3n) is 1.63. The second kappa shape index (κ2) is 5.45. The minimum atomic E-state index is -3.14. The number of nitrogen functional groups attached to an aromatic ring is 1. The summed E-state index contributed by atoms with van der Waals surface area (Å²) < 4.78 is 45.6. The Morgan fingerprint density at radius 2 is 2.00 bits per heavy atom. The maximum atomic E-state index is 13.1. The first kappa shape index (κ1) is 12.4. The van der Waals surface area contributed by atoms with Crippen molar-refractivity contribution < 1.29 is 27.8 Å². The number of ether oxygens (including phenoxy) is 2. The first-order valence-corrected chi connectivity index (χ1v) is 4.32. The molecule has 0 radical (unpaired) electrons. The van der Waals surface area contributed by atoms with Crippen LogP contribution in [0.5, 0.6) is 11.5 Å². The van der Waals surface area contributed by atoms with Crippen LogP contribution in [0.25, 0.3) is 0 Å². The smallest absolute Gasteiger partial charge is 0.387 e. The van der Waals surface area contributed by atoms with E-state index in [2.05, 4.69) is 4.74 Å². The molecule has 0 fully saturated rings. The lowest BCUT2D eigenvalue weighted by molar-refractivity contribution is -0.0523. The number of alkyl halides is 2. The Morgan fingerprint density at radius 1 is 1.31 bits per heavy atom. The molecule has 4 nitrogen and oxygen atoms in total. The summed E-state index contributed by atoms with van der Waals surface area (Å²) in [6, 6.07) is 1.72. The molecule has 1 aromatic rings. The molecule has 0 aromatic heterocycles. The van der Waals surface area contributed by atoms with Gasteiger partial charge in [0.05, 0.1) is 12.3 Å². The maximum absolute atomic E-state index is 13.1. The first-order valence-electron chi connectivity index (χ1n) is 4.32. The van der Waals surface area contributed by atoms with Crippen LogP contribution in [0, 0.1) is 5.82 Å². The van der Waals surface area contributed by atoms with Gasteiger partial charge in [-0.2, -0.15) is 8.78 Å². The van der Waals surface area contributed by atoms with Crippen LogP contribution in [0.3, 0.4) is 0 Å². The van der Waals surface area contributed by atoms with Crippen LogP contribution in [0.1, 0.15) is 0 Å². The fourth-order valence-electron chi connectivity index (χ4n) is 1.02. The lowest BCUT2D eigenvalue weighted by atomic mass is 10.2. The summed E-state index contributed by atoms with van der Waals surface area (Å²) in [5, 5.41) is 8.50. The van der Waals surface area contributed by atoms with Crippen LogP contribution in [-0.2, 0) is 0 Å². The van der Waals surface area contributed by atoms with Crippen LogP contribution < -0.4 is 15.2 Å². The van der Waals surface area contributed by atoms with Gasteiger partial charge in [-0.3, -0.25) is 0 Å². The second-order valence-corrected chi connectivity index (χ2v) is 2.77. The summed E-state index contributed by atoms with van der Waals surface area (Å²) in [7, 11) is 0. The molecule has 3 N–H and O–H groups in total. The zero-order valence-corrected chi connectivity index (χ0v) is 8.12. The largest absolute Gasteiger partial charge is 0.489 e. The molecule has 1 aromatic carbocycles. The van der Waals surface area contributed by atoms with Gasteiger partial charge in [0.1, 0.15) is 12.4 Å². The molecular formula is C9H10F3NO3. The minimum absolute atomic E-state index is 0.0221. The molecule has 0 aliphatic rings. The van der Waals surface area contributed by atoms with Crippen molar-refractivity contribution in [2.75, 3.05) is 18.9 Å². The number of hydrogen-bond donors (Lipinski definition) is 2. The molecule has 0 aliphatic heterocycles. The standard InChI is InChI=1S/C9H10F3NO3/c10-5-3-6(13)8(15-2-1-14)4-7(5)16-9(11)12/h3-4,9,14H,1-2,13H2. The number of halogens is 3. The van der Waals surface area contributed by atoms with Gasteiger partial charge in [0.2, 0.25) is 0 Å². The summed E-state index contributed by atoms with van der Waals surface area (Å²) in [5.41, 5.74) is 5.31. The van der Waals surface area contributed by atoms with Crippen molar-refractivity contribution >= 4 is 5.69 Å². The highest BCUT2D eigenvalue weighted by Gasteiger charge is 2.13. The van der Waals surface area contributed by atoms with Crippen molar-refractivity contribution in [1.29, 1.82) is 0 Å². The minimum Gasteiger partial charge on any atom is -0.489 e. The Kier molecular flexibility index (Phi) is 4.24. The molecule has 0 saturated heterocycles. The van der Waals surface area contributed by atoms with Crippen molar-refractivity contribution in [1.82, 2.24) is 0 Å². The predicted molar refractivity (Wildman–Crippen MR) is 50.0 cm³/mol.